The lowest BCUT2D eigenvalue weighted by Gasteiger charge is -1.99. The summed E-state index contributed by atoms with van der Waals surface area (Å²) in [6.07, 6.45) is 0. The quantitative estimate of drug-likeness (QED) is 0.273. The van der Waals surface area contributed by atoms with E-state index >= 15 is 0 Å². The molecule has 0 amide bonds. The van der Waals surface area contributed by atoms with Crippen LogP contribution in [-0.2, 0) is 13.9 Å². The Morgan fingerprint density at radius 1 is 1.38 bits per heavy atom. The van der Waals surface area contributed by atoms with Gasteiger partial charge >= 0.3 is 0 Å². The highest BCUT2D eigenvalue weighted by molar-refractivity contribution is 5.97. The molecule has 0 N–H and O–H groups in total. The molecule has 0 aliphatic rings. The topological polar surface area (TPSA) is 27.7 Å². The minimum Gasteiger partial charge on any atom is -0.426 e. The minimum atomic E-state index is 0.366. The molecular weight excluding hydrogens is 124 g/mol. The molecule has 0 aromatic rings. The van der Waals surface area contributed by atoms with E-state index in [0.717, 1.165) is 10.5 Å². The molecule has 0 aliphatic heterocycles. The van der Waals surface area contributed by atoms with Crippen LogP contribution in [0.2, 0.25) is 0 Å². The molecule has 4 heteroatoms. The van der Waals surface area contributed by atoms with E-state index in [1.807, 2.05) is 0 Å². The van der Waals surface area contributed by atoms with Gasteiger partial charge in [-0.3, -0.25) is 0 Å². The third-order valence-corrected chi connectivity index (χ3v) is 1.04. The molecule has 0 saturated heterocycles. The molecule has 0 spiro atoms. The van der Waals surface area contributed by atoms with Gasteiger partial charge in [0.05, 0.1) is 13.2 Å². The second kappa shape index (κ2) is 7.10. The maximum absolute atomic E-state index is 4.90. The second-order valence-corrected chi connectivity index (χ2v) is 1.88. The summed E-state index contributed by atoms with van der Waals surface area (Å²) in [5.74, 6) is 0. The maximum Gasteiger partial charge on any atom is 0.146 e. The van der Waals surface area contributed by atoms with Crippen molar-refractivity contribution in [3.63, 3.8) is 0 Å². The highest BCUT2D eigenvalue weighted by atomic mass is 28.2. The van der Waals surface area contributed by atoms with Gasteiger partial charge < -0.3 is 13.9 Å². The Morgan fingerprint density at radius 3 is 2.62 bits per heavy atom. The van der Waals surface area contributed by atoms with E-state index in [1.54, 1.807) is 7.11 Å². The zero-order valence-corrected chi connectivity index (χ0v) is 7.35. The predicted molar refractivity (Wildman–Crippen MR) is 33.7 cm³/mol. The van der Waals surface area contributed by atoms with Crippen LogP contribution in [0.1, 0.15) is 0 Å². The van der Waals surface area contributed by atoms with Crippen LogP contribution >= 0.6 is 0 Å². The molecule has 0 atom stereocenters. The first-order valence-electron chi connectivity index (χ1n) is 2.47. The average molecular weight is 136 g/mol. The third-order valence-electron chi connectivity index (χ3n) is 0.633. The molecule has 0 heterocycles. The number of hydrogen-bond donors (Lipinski definition) is 0. The Labute approximate surface area is 52.5 Å². The Kier molecular flexibility index (Phi) is 7.18. The Morgan fingerprint density at radius 2 is 2.12 bits per heavy atom. The van der Waals surface area contributed by atoms with Crippen molar-refractivity contribution in [3.05, 3.63) is 0 Å². The molecule has 0 saturated carbocycles. The molecule has 3 nitrogen and oxygen atoms in total. The minimum absolute atomic E-state index is 0.366. The summed E-state index contributed by atoms with van der Waals surface area (Å²) >= 11 is 0. The van der Waals surface area contributed by atoms with E-state index in [-0.39, 0.29) is 0 Å². The molecular formula is C4H12O3Si. The van der Waals surface area contributed by atoms with Gasteiger partial charge in [-0.1, -0.05) is 0 Å². The highest BCUT2D eigenvalue weighted by Gasteiger charge is 1.81. The predicted octanol–water partition coefficient (Wildman–Crippen LogP) is -1.10. The van der Waals surface area contributed by atoms with Gasteiger partial charge in [-0.15, -0.1) is 0 Å². The SMILES string of the molecule is COCOCCO[SiH3]. The monoisotopic (exact) mass is 136 g/mol. The van der Waals surface area contributed by atoms with Crippen LogP contribution < -0.4 is 0 Å². The standard InChI is InChI=1S/C4H12O3Si/c1-5-4-6-2-3-7-8/h2-4H2,1,8H3. The molecule has 0 radical (unpaired) electrons. The van der Waals surface area contributed by atoms with Crippen LogP contribution in [0.15, 0.2) is 0 Å². The fraction of sp³-hybridized carbons (Fsp3) is 1.00. The number of hydrogen-bond acceptors (Lipinski definition) is 3. The molecule has 0 aliphatic carbocycles. The van der Waals surface area contributed by atoms with E-state index < -0.39 is 0 Å². The normalized spacial score (nSPS) is 10.1. The maximum atomic E-state index is 4.90. The lowest BCUT2D eigenvalue weighted by molar-refractivity contribution is -0.0382. The van der Waals surface area contributed by atoms with Crippen molar-refractivity contribution in [2.75, 3.05) is 27.1 Å². The molecule has 0 unspecified atom stereocenters. The number of methoxy groups -OCH3 is 1. The van der Waals surface area contributed by atoms with Gasteiger partial charge in [-0.25, -0.2) is 0 Å². The Hall–Kier alpha value is 0.0969. The van der Waals surface area contributed by atoms with Gasteiger partial charge in [-0.2, -0.15) is 0 Å². The molecule has 50 valence electrons. The van der Waals surface area contributed by atoms with Crippen molar-refractivity contribution in [1.29, 1.82) is 0 Å². The molecule has 0 fully saturated rings. The van der Waals surface area contributed by atoms with Crippen molar-refractivity contribution < 1.29 is 13.9 Å². The zero-order chi connectivity index (χ0) is 6.24. The van der Waals surface area contributed by atoms with E-state index in [2.05, 4.69) is 4.74 Å². The average Bonchev–Trinajstić information content (AvgIpc) is 1.81. The summed E-state index contributed by atoms with van der Waals surface area (Å²) in [6.45, 7) is 1.69. The molecule has 0 aromatic carbocycles. The first-order valence-corrected chi connectivity index (χ1v) is 3.29. The summed E-state index contributed by atoms with van der Waals surface area (Å²) in [6, 6.07) is 0. The molecule has 0 rings (SSSR count). The molecule has 8 heavy (non-hydrogen) atoms. The Bertz CT molecular complexity index is 36.3. The van der Waals surface area contributed by atoms with Gasteiger partial charge in [0, 0.05) is 7.11 Å². The van der Waals surface area contributed by atoms with E-state index in [1.165, 1.54) is 0 Å². The summed E-state index contributed by atoms with van der Waals surface area (Å²) in [7, 11) is 2.39. The van der Waals surface area contributed by atoms with Crippen LogP contribution in [0.5, 0.6) is 0 Å². The summed E-state index contributed by atoms with van der Waals surface area (Å²) in [4.78, 5) is 0. The summed E-state index contributed by atoms with van der Waals surface area (Å²) in [5, 5.41) is 0. The van der Waals surface area contributed by atoms with E-state index in [0.29, 0.717) is 20.0 Å². The van der Waals surface area contributed by atoms with E-state index in [9.17, 15) is 0 Å². The highest BCUT2D eigenvalue weighted by Crippen LogP contribution is 1.73. The van der Waals surface area contributed by atoms with Crippen molar-refractivity contribution in [2.24, 2.45) is 0 Å². The number of rotatable bonds is 5. The smallest absolute Gasteiger partial charge is 0.146 e. The van der Waals surface area contributed by atoms with Crippen molar-refractivity contribution in [2.45, 2.75) is 0 Å². The first kappa shape index (κ1) is 8.10. The van der Waals surface area contributed by atoms with Crippen LogP contribution in [0, 0.1) is 0 Å². The lowest BCUT2D eigenvalue weighted by Crippen LogP contribution is -2.04. The second-order valence-electron chi connectivity index (χ2n) is 1.31. The molecule has 0 aromatic heterocycles. The summed E-state index contributed by atoms with van der Waals surface area (Å²) < 4.78 is 14.4. The van der Waals surface area contributed by atoms with Crippen molar-refractivity contribution in [3.8, 4) is 0 Å². The van der Waals surface area contributed by atoms with Gasteiger partial charge in [0.1, 0.15) is 17.3 Å². The first-order chi connectivity index (χ1) is 3.91. The summed E-state index contributed by atoms with van der Waals surface area (Å²) in [5.41, 5.74) is 0. The van der Waals surface area contributed by atoms with Crippen molar-refractivity contribution in [1.82, 2.24) is 0 Å². The van der Waals surface area contributed by atoms with Gasteiger partial charge in [0.25, 0.3) is 0 Å². The van der Waals surface area contributed by atoms with Crippen LogP contribution in [-0.4, -0.2) is 37.6 Å². The van der Waals surface area contributed by atoms with Crippen LogP contribution in [0.4, 0.5) is 0 Å². The fourth-order valence-electron chi connectivity index (χ4n) is 0.285. The largest absolute Gasteiger partial charge is 0.426 e. The third kappa shape index (κ3) is 6.10. The van der Waals surface area contributed by atoms with Gasteiger partial charge in [-0.05, 0) is 0 Å². The van der Waals surface area contributed by atoms with Crippen LogP contribution in [0.25, 0.3) is 0 Å². The molecule has 0 bridgehead atoms. The van der Waals surface area contributed by atoms with Gasteiger partial charge in [0.15, 0.2) is 0 Å². The van der Waals surface area contributed by atoms with Crippen molar-refractivity contribution >= 4 is 10.5 Å². The van der Waals surface area contributed by atoms with Gasteiger partial charge in [0.2, 0.25) is 0 Å². The Balaban J connectivity index is 2.53. The number of ether oxygens (including phenoxy) is 2. The van der Waals surface area contributed by atoms with E-state index in [4.69, 9.17) is 9.16 Å². The zero-order valence-electron chi connectivity index (χ0n) is 5.35. The lowest BCUT2D eigenvalue weighted by atomic mass is 10.8. The van der Waals surface area contributed by atoms with Crippen LogP contribution in [0.3, 0.4) is 0 Å². The fourth-order valence-corrected chi connectivity index (χ4v) is 0.451.